The van der Waals surface area contributed by atoms with Crippen LogP contribution in [0, 0.1) is 6.92 Å². The van der Waals surface area contributed by atoms with Crippen molar-refractivity contribution in [1.29, 1.82) is 0 Å². The molecule has 1 N–H and O–H groups in total. The van der Waals surface area contributed by atoms with Crippen LogP contribution >= 0.6 is 23.2 Å². The van der Waals surface area contributed by atoms with Crippen molar-refractivity contribution < 1.29 is 18.0 Å². The minimum Gasteiger partial charge on any atom is -0.354 e. The van der Waals surface area contributed by atoms with E-state index in [1.807, 2.05) is 19.9 Å². The molecule has 0 saturated heterocycles. The first-order valence-electron chi connectivity index (χ1n) is 12.7. The van der Waals surface area contributed by atoms with Crippen molar-refractivity contribution in [3.63, 3.8) is 0 Å². The molecule has 10 heteroatoms. The Morgan fingerprint density at radius 2 is 1.56 bits per heavy atom. The van der Waals surface area contributed by atoms with Gasteiger partial charge in [0.25, 0.3) is 10.0 Å². The lowest BCUT2D eigenvalue weighted by Crippen LogP contribution is -2.52. The molecule has 0 saturated carbocycles. The van der Waals surface area contributed by atoms with Gasteiger partial charge in [-0.1, -0.05) is 73.4 Å². The van der Waals surface area contributed by atoms with Gasteiger partial charge in [0.1, 0.15) is 12.6 Å². The molecule has 0 radical (unpaired) electrons. The monoisotopic (exact) mass is 589 g/mol. The lowest BCUT2D eigenvalue weighted by atomic mass is 10.1. The topological polar surface area (TPSA) is 86.8 Å². The van der Waals surface area contributed by atoms with Crippen LogP contribution in [0.25, 0.3) is 0 Å². The van der Waals surface area contributed by atoms with E-state index in [0.717, 1.165) is 16.3 Å². The number of hydrogen-bond acceptors (Lipinski definition) is 4. The van der Waals surface area contributed by atoms with Gasteiger partial charge in [-0.2, -0.15) is 0 Å². The number of carbonyl (C=O) groups is 2. The highest BCUT2D eigenvalue weighted by molar-refractivity contribution is 7.92. The van der Waals surface area contributed by atoms with E-state index in [1.165, 1.54) is 17.0 Å². The molecule has 3 aromatic rings. The van der Waals surface area contributed by atoms with Crippen molar-refractivity contribution in [2.45, 2.75) is 51.1 Å². The van der Waals surface area contributed by atoms with Gasteiger partial charge >= 0.3 is 0 Å². The number of rotatable bonds is 12. The summed E-state index contributed by atoms with van der Waals surface area (Å²) in [7, 11) is -4.12. The summed E-state index contributed by atoms with van der Waals surface area (Å²) >= 11 is 12.9. The second-order valence-electron chi connectivity index (χ2n) is 9.10. The zero-order valence-corrected chi connectivity index (χ0v) is 24.6. The van der Waals surface area contributed by atoms with Gasteiger partial charge in [-0.15, -0.1) is 0 Å². The number of halogens is 2. The highest BCUT2D eigenvalue weighted by atomic mass is 35.5. The number of amides is 2. The van der Waals surface area contributed by atoms with Gasteiger partial charge in [-0.3, -0.25) is 13.9 Å². The third kappa shape index (κ3) is 7.53. The summed E-state index contributed by atoms with van der Waals surface area (Å²) in [5.74, 6) is -0.894. The molecule has 0 spiro atoms. The number of nitrogens with one attached hydrogen (secondary N) is 1. The molecule has 3 aromatic carbocycles. The molecule has 0 bridgehead atoms. The van der Waals surface area contributed by atoms with Crippen LogP contribution in [0.5, 0.6) is 0 Å². The predicted octanol–water partition coefficient (Wildman–Crippen LogP) is 5.83. The Labute approximate surface area is 240 Å². The minimum absolute atomic E-state index is 0.0488. The van der Waals surface area contributed by atoms with Crippen molar-refractivity contribution >= 4 is 50.7 Å². The molecule has 0 aromatic heterocycles. The molecule has 208 valence electrons. The van der Waals surface area contributed by atoms with Gasteiger partial charge in [0.2, 0.25) is 11.8 Å². The zero-order chi connectivity index (χ0) is 28.6. The number of nitrogens with zero attached hydrogens (tertiary/aromatic N) is 2. The maximum Gasteiger partial charge on any atom is 0.264 e. The summed E-state index contributed by atoms with van der Waals surface area (Å²) in [5.41, 5.74) is 1.65. The van der Waals surface area contributed by atoms with E-state index in [4.69, 9.17) is 23.2 Å². The first kappa shape index (κ1) is 30.5. The van der Waals surface area contributed by atoms with E-state index in [-0.39, 0.29) is 17.3 Å². The Hall–Kier alpha value is -3.07. The number of sulfonamides is 1. The summed E-state index contributed by atoms with van der Waals surface area (Å²) in [5, 5.41) is 3.54. The van der Waals surface area contributed by atoms with Gasteiger partial charge in [0.05, 0.1) is 10.6 Å². The summed E-state index contributed by atoms with van der Waals surface area (Å²) in [4.78, 5) is 28.6. The Balaban J connectivity index is 2.08. The SMILES string of the molecule is CCCNC(=O)[C@@H](CC)N(Cc1c(Cl)cccc1Cl)C(=O)CN(c1cccc(C)c1)S(=O)(=O)c1ccccc1. The summed E-state index contributed by atoms with van der Waals surface area (Å²) in [6.07, 6.45) is 1.03. The molecular formula is C29H33Cl2N3O4S. The zero-order valence-electron chi connectivity index (χ0n) is 22.2. The molecule has 39 heavy (non-hydrogen) atoms. The normalized spacial score (nSPS) is 12.0. The predicted molar refractivity (Wildman–Crippen MR) is 157 cm³/mol. The highest BCUT2D eigenvalue weighted by Gasteiger charge is 2.34. The molecular weight excluding hydrogens is 557 g/mol. The smallest absolute Gasteiger partial charge is 0.264 e. The van der Waals surface area contributed by atoms with Crippen molar-refractivity contribution in [1.82, 2.24) is 10.2 Å². The maximum atomic E-state index is 14.0. The van der Waals surface area contributed by atoms with Crippen molar-refractivity contribution in [2.24, 2.45) is 0 Å². The van der Waals surface area contributed by atoms with Crippen LogP contribution in [-0.2, 0) is 26.2 Å². The standard InChI is InChI=1S/C29H33Cl2N3O4S/c1-4-17-32-29(36)27(5-2)33(19-24-25(30)15-10-16-26(24)31)28(35)20-34(22-12-9-11-21(3)18-22)39(37,38)23-13-7-6-8-14-23/h6-16,18,27H,4-5,17,19-20H2,1-3H3,(H,32,36)/t27-/m1/s1. The molecule has 7 nitrogen and oxygen atoms in total. The lowest BCUT2D eigenvalue weighted by molar-refractivity contribution is -0.140. The van der Waals surface area contributed by atoms with Crippen LogP contribution in [0.1, 0.15) is 37.8 Å². The second kappa shape index (κ2) is 13.8. The van der Waals surface area contributed by atoms with Crippen molar-refractivity contribution in [3.8, 4) is 0 Å². The summed E-state index contributed by atoms with van der Waals surface area (Å²) < 4.78 is 28.7. The average molecular weight is 591 g/mol. The quantitative estimate of drug-likeness (QED) is 0.288. The van der Waals surface area contributed by atoms with E-state index in [9.17, 15) is 18.0 Å². The second-order valence-corrected chi connectivity index (χ2v) is 11.8. The molecule has 0 aliphatic heterocycles. The van der Waals surface area contributed by atoms with E-state index >= 15 is 0 Å². The average Bonchev–Trinajstić information content (AvgIpc) is 2.92. The molecule has 1 atom stereocenters. The first-order chi connectivity index (χ1) is 18.6. The third-order valence-corrected chi connectivity index (χ3v) is 8.72. The fourth-order valence-electron chi connectivity index (χ4n) is 4.17. The molecule has 0 heterocycles. The fraction of sp³-hybridized carbons (Fsp3) is 0.310. The van der Waals surface area contributed by atoms with Gasteiger partial charge in [-0.25, -0.2) is 8.42 Å². The number of anilines is 1. The van der Waals surface area contributed by atoms with Crippen LogP contribution in [0.3, 0.4) is 0 Å². The van der Waals surface area contributed by atoms with Crippen LogP contribution in [0.4, 0.5) is 5.69 Å². The van der Waals surface area contributed by atoms with Crippen LogP contribution in [-0.4, -0.2) is 44.3 Å². The molecule has 0 unspecified atom stereocenters. The Bertz CT molecular complexity index is 1380. The molecule has 0 fully saturated rings. The highest BCUT2D eigenvalue weighted by Crippen LogP contribution is 2.29. The number of carbonyl (C=O) groups excluding carboxylic acids is 2. The third-order valence-electron chi connectivity index (χ3n) is 6.23. The van der Waals surface area contributed by atoms with Crippen LogP contribution < -0.4 is 9.62 Å². The molecule has 3 rings (SSSR count). The summed E-state index contributed by atoms with van der Waals surface area (Å²) in [6.45, 7) is 5.42. The largest absolute Gasteiger partial charge is 0.354 e. The maximum absolute atomic E-state index is 14.0. The number of hydrogen-bond donors (Lipinski definition) is 1. The van der Waals surface area contributed by atoms with Crippen LogP contribution in [0.15, 0.2) is 77.7 Å². The fourth-order valence-corrected chi connectivity index (χ4v) is 6.11. The van der Waals surface area contributed by atoms with Crippen molar-refractivity contribution in [3.05, 3.63) is 94.0 Å². The lowest BCUT2D eigenvalue weighted by Gasteiger charge is -2.33. The first-order valence-corrected chi connectivity index (χ1v) is 14.9. The van der Waals surface area contributed by atoms with Gasteiger partial charge in [-0.05, 0) is 61.7 Å². The Morgan fingerprint density at radius 1 is 0.923 bits per heavy atom. The van der Waals surface area contributed by atoms with Gasteiger partial charge < -0.3 is 10.2 Å². The Morgan fingerprint density at radius 3 is 2.15 bits per heavy atom. The number of aryl methyl sites for hydroxylation is 1. The van der Waals surface area contributed by atoms with Crippen molar-refractivity contribution in [2.75, 3.05) is 17.4 Å². The van der Waals surface area contributed by atoms with Gasteiger partial charge in [0, 0.05) is 28.7 Å². The molecule has 2 amide bonds. The minimum atomic E-state index is -4.12. The van der Waals surface area contributed by atoms with E-state index in [0.29, 0.717) is 34.3 Å². The van der Waals surface area contributed by atoms with Crippen LogP contribution in [0.2, 0.25) is 10.0 Å². The van der Waals surface area contributed by atoms with E-state index in [2.05, 4.69) is 5.32 Å². The number of benzene rings is 3. The van der Waals surface area contributed by atoms with E-state index < -0.39 is 28.5 Å². The van der Waals surface area contributed by atoms with E-state index in [1.54, 1.807) is 61.5 Å². The molecule has 0 aliphatic carbocycles. The van der Waals surface area contributed by atoms with Gasteiger partial charge in [0.15, 0.2) is 0 Å². The summed E-state index contributed by atoms with van der Waals surface area (Å²) in [6, 6.07) is 19.0. The molecule has 0 aliphatic rings. The Kier molecular flexibility index (Phi) is 10.8.